The molecule has 0 saturated heterocycles. The van der Waals surface area contributed by atoms with Crippen molar-refractivity contribution >= 4 is 11.9 Å². The first-order chi connectivity index (χ1) is 15.7. The minimum atomic E-state index is -2.94. The molecule has 1 amide bonds. The molecule has 1 atom stereocenters. The monoisotopic (exact) mass is 453 g/mol. The number of nitrogens with two attached hydrogens (primary N) is 1. The molecule has 0 saturated carbocycles. The van der Waals surface area contributed by atoms with Gasteiger partial charge in [-0.25, -0.2) is 27.5 Å². The van der Waals surface area contributed by atoms with E-state index < -0.39 is 35.2 Å². The van der Waals surface area contributed by atoms with Crippen LogP contribution in [0, 0.1) is 23.0 Å². The second-order valence-corrected chi connectivity index (χ2v) is 7.31. The Kier molecular flexibility index (Phi) is 5.33. The normalized spacial score (nSPS) is 17.9. The summed E-state index contributed by atoms with van der Waals surface area (Å²) in [6.07, 6.45) is -2.94. The summed E-state index contributed by atoms with van der Waals surface area (Å²) in [6.45, 7) is 0. The van der Waals surface area contributed by atoms with E-state index in [9.17, 15) is 22.4 Å². The van der Waals surface area contributed by atoms with Gasteiger partial charge in [0.1, 0.15) is 5.69 Å². The van der Waals surface area contributed by atoms with Crippen molar-refractivity contribution in [2.45, 2.75) is 12.0 Å². The van der Waals surface area contributed by atoms with E-state index in [0.29, 0.717) is 0 Å². The van der Waals surface area contributed by atoms with Crippen LogP contribution in [0.2, 0.25) is 0 Å². The molecule has 0 fully saturated rings. The molecule has 1 aliphatic rings. The third-order valence-corrected chi connectivity index (χ3v) is 5.35. The first-order valence-corrected chi connectivity index (χ1v) is 9.58. The number of alkyl halides is 2. The van der Waals surface area contributed by atoms with Crippen LogP contribution in [-0.4, -0.2) is 28.8 Å². The van der Waals surface area contributed by atoms with E-state index in [1.54, 1.807) is 0 Å². The average Bonchev–Trinajstić information content (AvgIpc) is 3.05. The van der Waals surface area contributed by atoms with Crippen molar-refractivity contribution in [2.75, 3.05) is 7.05 Å². The molecule has 6 nitrogen and oxygen atoms in total. The molecule has 1 aliphatic heterocycles. The number of carbonyl (C=O) groups excluding carboxylic acids is 1. The summed E-state index contributed by atoms with van der Waals surface area (Å²) >= 11 is 0. The summed E-state index contributed by atoms with van der Waals surface area (Å²) in [5, 5.41) is 9.14. The molecule has 10 heteroatoms. The van der Waals surface area contributed by atoms with Crippen molar-refractivity contribution < 1.29 is 22.4 Å². The zero-order valence-corrected chi connectivity index (χ0v) is 17.1. The third-order valence-electron chi connectivity index (χ3n) is 5.35. The Labute approximate surface area is 185 Å². The Balaban J connectivity index is 2.02. The maximum absolute atomic E-state index is 14.8. The number of carbonyl (C=O) groups is 1. The fraction of sp³-hybridized carbons (Fsp3) is 0.130. The summed E-state index contributed by atoms with van der Waals surface area (Å²) in [5.41, 5.74) is 2.87. The summed E-state index contributed by atoms with van der Waals surface area (Å²) in [6, 6.07) is 13.3. The van der Waals surface area contributed by atoms with E-state index in [2.05, 4.69) is 9.98 Å². The van der Waals surface area contributed by atoms with E-state index in [1.807, 2.05) is 6.07 Å². The first-order valence-electron chi connectivity index (χ1n) is 9.58. The summed E-state index contributed by atoms with van der Waals surface area (Å²) < 4.78 is 56.3. The minimum Gasteiger partial charge on any atom is -0.369 e. The van der Waals surface area contributed by atoms with Gasteiger partial charge in [-0.2, -0.15) is 5.26 Å². The van der Waals surface area contributed by atoms with E-state index in [4.69, 9.17) is 11.0 Å². The van der Waals surface area contributed by atoms with Gasteiger partial charge in [0.15, 0.2) is 17.6 Å². The van der Waals surface area contributed by atoms with Crippen molar-refractivity contribution in [1.82, 2.24) is 9.88 Å². The zero-order valence-electron chi connectivity index (χ0n) is 17.1. The van der Waals surface area contributed by atoms with Gasteiger partial charge < -0.3 is 5.73 Å². The van der Waals surface area contributed by atoms with Crippen molar-refractivity contribution in [1.29, 1.82) is 5.26 Å². The van der Waals surface area contributed by atoms with Crippen LogP contribution >= 0.6 is 0 Å². The largest absolute Gasteiger partial charge is 0.369 e. The average molecular weight is 453 g/mol. The number of aromatic nitrogens is 1. The van der Waals surface area contributed by atoms with Crippen molar-refractivity contribution in [2.24, 2.45) is 10.7 Å². The van der Waals surface area contributed by atoms with Crippen LogP contribution in [0.25, 0.3) is 11.1 Å². The molecular formula is C23H15F4N5O. The highest BCUT2D eigenvalue weighted by atomic mass is 19.3. The van der Waals surface area contributed by atoms with Gasteiger partial charge in [-0.05, 0) is 47.5 Å². The fourth-order valence-electron chi connectivity index (χ4n) is 3.68. The van der Waals surface area contributed by atoms with Crippen LogP contribution in [-0.2, 0) is 10.3 Å². The third kappa shape index (κ3) is 3.47. The molecule has 3 aromatic rings. The lowest BCUT2D eigenvalue weighted by Crippen LogP contribution is -2.41. The highest BCUT2D eigenvalue weighted by Crippen LogP contribution is 2.41. The van der Waals surface area contributed by atoms with E-state index in [1.165, 1.54) is 49.5 Å². The highest BCUT2D eigenvalue weighted by Gasteiger charge is 2.51. The van der Waals surface area contributed by atoms with Gasteiger partial charge in [0.2, 0.25) is 5.54 Å². The van der Waals surface area contributed by atoms with Crippen LogP contribution in [0.4, 0.5) is 17.6 Å². The standard InChI is InChI=1S/C23H15F4N5O/c1-32-21(33)23(31-22(32)29,18-7-3-6-17(30-18)20(26)27)14-9-15(19(25)16(24)10-14)13-5-2-4-12(8-13)11-28/h2-10,20H,1H3,(H2,29,31). The van der Waals surface area contributed by atoms with Crippen LogP contribution < -0.4 is 5.73 Å². The number of nitrogens with zero attached hydrogens (tertiary/aromatic N) is 4. The molecule has 33 heavy (non-hydrogen) atoms. The number of nitriles is 1. The number of likely N-dealkylation sites (N-methyl/N-ethyl adjacent to an activating group) is 1. The number of rotatable bonds is 4. The van der Waals surface area contributed by atoms with Crippen LogP contribution in [0.15, 0.2) is 59.6 Å². The van der Waals surface area contributed by atoms with Crippen molar-refractivity contribution in [3.8, 4) is 17.2 Å². The second-order valence-electron chi connectivity index (χ2n) is 7.31. The lowest BCUT2D eigenvalue weighted by atomic mass is 9.84. The number of benzene rings is 2. The van der Waals surface area contributed by atoms with Gasteiger partial charge in [0.05, 0.1) is 17.3 Å². The highest BCUT2D eigenvalue weighted by molar-refractivity contribution is 6.08. The van der Waals surface area contributed by atoms with E-state index >= 15 is 0 Å². The van der Waals surface area contributed by atoms with Crippen LogP contribution in [0.3, 0.4) is 0 Å². The Morgan fingerprint density at radius 2 is 1.85 bits per heavy atom. The number of guanidine groups is 1. The summed E-state index contributed by atoms with van der Waals surface area (Å²) in [5.74, 6) is -3.54. The molecule has 1 aromatic heterocycles. The molecule has 4 rings (SSSR count). The Morgan fingerprint density at radius 1 is 1.12 bits per heavy atom. The van der Waals surface area contributed by atoms with Crippen LogP contribution in [0.5, 0.6) is 0 Å². The summed E-state index contributed by atoms with van der Waals surface area (Å²) in [7, 11) is 1.32. The lowest BCUT2D eigenvalue weighted by molar-refractivity contribution is -0.129. The molecular weight excluding hydrogens is 438 g/mol. The van der Waals surface area contributed by atoms with Crippen LogP contribution in [0.1, 0.15) is 28.9 Å². The number of halogens is 4. The molecule has 0 radical (unpaired) electrons. The number of hydrogen-bond acceptors (Lipinski definition) is 5. The zero-order chi connectivity index (χ0) is 23.9. The van der Waals surface area contributed by atoms with Gasteiger partial charge >= 0.3 is 0 Å². The Hall–Kier alpha value is -4.26. The molecule has 0 aliphatic carbocycles. The minimum absolute atomic E-state index is 0.157. The SMILES string of the molecule is CN1C(=O)C(c2cc(F)c(F)c(-c3cccc(C#N)c3)c2)(c2cccc(C(F)F)n2)N=C1N. The Bertz CT molecular complexity index is 1350. The van der Waals surface area contributed by atoms with Gasteiger partial charge in [-0.1, -0.05) is 18.2 Å². The Morgan fingerprint density at radius 3 is 2.48 bits per heavy atom. The predicted octanol–water partition coefficient (Wildman–Crippen LogP) is 3.87. The summed E-state index contributed by atoms with van der Waals surface area (Å²) in [4.78, 5) is 22.4. The maximum atomic E-state index is 14.8. The molecule has 2 N–H and O–H groups in total. The number of pyridine rings is 1. The van der Waals surface area contributed by atoms with E-state index in [0.717, 1.165) is 17.0 Å². The fourth-order valence-corrected chi connectivity index (χ4v) is 3.68. The predicted molar refractivity (Wildman–Crippen MR) is 111 cm³/mol. The number of amides is 1. The molecule has 2 heterocycles. The smallest absolute Gasteiger partial charge is 0.280 e. The number of hydrogen-bond donors (Lipinski definition) is 1. The molecule has 0 bridgehead atoms. The number of aliphatic imine (C=N–C) groups is 1. The quantitative estimate of drug-likeness (QED) is 0.607. The van der Waals surface area contributed by atoms with E-state index in [-0.39, 0.29) is 33.9 Å². The lowest BCUT2D eigenvalue weighted by Gasteiger charge is -2.26. The van der Waals surface area contributed by atoms with Gasteiger partial charge in [-0.15, -0.1) is 0 Å². The molecule has 166 valence electrons. The molecule has 0 spiro atoms. The van der Waals surface area contributed by atoms with Crippen molar-refractivity contribution in [3.05, 3.63) is 88.7 Å². The van der Waals surface area contributed by atoms with Gasteiger partial charge in [0, 0.05) is 12.6 Å². The maximum Gasteiger partial charge on any atom is 0.280 e. The van der Waals surface area contributed by atoms with Gasteiger partial charge in [0.25, 0.3) is 12.3 Å². The topological polar surface area (TPSA) is 95.4 Å². The second kappa shape index (κ2) is 8.02. The molecule has 2 aromatic carbocycles. The first kappa shape index (κ1) is 22.0. The van der Waals surface area contributed by atoms with Gasteiger partial charge in [-0.3, -0.25) is 9.69 Å². The molecule has 1 unspecified atom stereocenters. The van der Waals surface area contributed by atoms with Crippen molar-refractivity contribution in [3.63, 3.8) is 0 Å².